The average Bonchev–Trinajstić information content (AvgIpc) is 2.53. The molecule has 0 radical (unpaired) electrons. The molecule has 21 heavy (non-hydrogen) atoms. The second-order valence-electron chi connectivity index (χ2n) is 5.83. The van der Waals surface area contributed by atoms with E-state index in [1.54, 1.807) is 0 Å². The Morgan fingerprint density at radius 2 is 1.43 bits per heavy atom. The van der Waals surface area contributed by atoms with Gasteiger partial charge in [-0.1, -0.05) is 94.9 Å². The summed E-state index contributed by atoms with van der Waals surface area (Å²) in [6.45, 7) is 8.50. The molecule has 0 aliphatic heterocycles. The van der Waals surface area contributed by atoms with Crippen molar-refractivity contribution in [2.24, 2.45) is 0 Å². The van der Waals surface area contributed by atoms with E-state index in [2.05, 4.69) is 92.5 Å². The molecule has 0 aliphatic carbocycles. The van der Waals surface area contributed by atoms with Crippen LogP contribution in [0.3, 0.4) is 0 Å². The third-order valence-corrected chi connectivity index (χ3v) is 7.90. The van der Waals surface area contributed by atoms with Gasteiger partial charge in [0.1, 0.15) is 8.07 Å². The molecule has 0 saturated heterocycles. The van der Waals surface area contributed by atoms with Gasteiger partial charge < -0.3 is 0 Å². The van der Waals surface area contributed by atoms with E-state index in [1.807, 2.05) is 0 Å². The Bertz CT molecular complexity index is 557. The van der Waals surface area contributed by atoms with E-state index in [0.717, 1.165) is 12.8 Å². The first kappa shape index (κ1) is 15.5. The van der Waals surface area contributed by atoms with Crippen molar-refractivity contribution < 1.29 is 0 Å². The van der Waals surface area contributed by atoms with E-state index < -0.39 is 8.07 Å². The first-order valence-electron chi connectivity index (χ1n) is 7.56. The van der Waals surface area contributed by atoms with Crippen LogP contribution in [0.1, 0.15) is 19.8 Å². The van der Waals surface area contributed by atoms with Crippen LogP contribution in [0.15, 0.2) is 84.6 Å². The Morgan fingerprint density at radius 1 is 0.952 bits per heavy atom. The van der Waals surface area contributed by atoms with Crippen molar-refractivity contribution in [2.45, 2.75) is 26.3 Å². The van der Waals surface area contributed by atoms with Crippen LogP contribution in [0.5, 0.6) is 0 Å². The molecule has 0 spiro atoms. The van der Waals surface area contributed by atoms with Gasteiger partial charge in [-0.3, -0.25) is 0 Å². The highest BCUT2D eigenvalue weighted by Gasteiger charge is 2.28. The molecule has 0 fully saturated rings. The predicted molar refractivity (Wildman–Crippen MR) is 97.0 cm³/mol. The van der Waals surface area contributed by atoms with Gasteiger partial charge >= 0.3 is 0 Å². The van der Waals surface area contributed by atoms with E-state index in [9.17, 15) is 0 Å². The van der Waals surface area contributed by atoms with Gasteiger partial charge in [-0.15, -0.1) is 6.58 Å². The Morgan fingerprint density at radius 3 is 1.86 bits per heavy atom. The van der Waals surface area contributed by atoms with Gasteiger partial charge in [0.2, 0.25) is 0 Å². The molecule has 0 unspecified atom stereocenters. The fourth-order valence-electron chi connectivity index (χ4n) is 2.58. The molecule has 0 nitrogen and oxygen atoms in total. The summed E-state index contributed by atoms with van der Waals surface area (Å²) in [6, 6.07) is 21.8. The minimum absolute atomic E-state index is 1.07. The van der Waals surface area contributed by atoms with Crippen LogP contribution in [0.25, 0.3) is 0 Å². The molecule has 0 bridgehead atoms. The summed E-state index contributed by atoms with van der Waals surface area (Å²) < 4.78 is 0. The number of hydrogen-bond acceptors (Lipinski definition) is 0. The highest BCUT2D eigenvalue weighted by molar-refractivity contribution is 7.05. The smallest absolute Gasteiger partial charge is 0.100 e. The number of allylic oxidation sites excluding steroid dienone is 2. The minimum atomic E-state index is -1.78. The van der Waals surface area contributed by atoms with Crippen molar-refractivity contribution in [2.75, 3.05) is 0 Å². The van der Waals surface area contributed by atoms with Crippen LogP contribution < -0.4 is 10.4 Å². The molecule has 0 aliphatic rings. The molecule has 0 aromatic heterocycles. The second kappa shape index (κ2) is 7.23. The fourth-order valence-corrected chi connectivity index (χ4v) is 5.70. The second-order valence-corrected chi connectivity index (χ2v) is 9.73. The van der Waals surface area contributed by atoms with Gasteiger partial charge in [-0.2, -0.15) is 0 Å². The van der Waals surface area contributed by atoms with E-state index in [4.69, 9.17) is 0 Å². The highest BCUT2D eigenvalue weighted by atomic mass is 28.3. The zero-order chi connectivity index (χ0) is 15.1. The lowest BCUT2D eigenvalue weighted by molar-refractivity contribution is 0.985. The van der Waals surface area contributed by atoms with Crippen molar-refractivity contribution in [1.82, 2.24) is 0 Å². The van der Waals surface area contributed by atoms with Crippen LogP contribution in [-0.4, -0.2) is 8.07 Å². The summed E-state index contributed by atoms with van der Waals surface area (Å²) in [5.41, 5.74) is 3.73. The van der Waals surface area contributed by atoms with Gasteiger partial charge in [0.05, 0.1) is 0 Å². The summed E-state index contributed by atoms with van der Waals surface area (Å²) in [5.74, 6) is 0. The van der Waals surface area contributed by atoms with Crippen molar-refractivity contribution in [1.29, 1.82) is 0 Å². The van der Waals surface area contributed by atoms with Gasteiger partial charge in [0.25, 0.3) is 0 Å². The Kier molecular flexibility index (Phi) is 5.35. The molecular weight excluding hydrogens is 268 g/mol. The lowest BCUT2D eigenvalue weighted by Crippen LogP contribution is -2.54. The first-order valence-corrected chi connectivity index (χ1v) is 10.1. The normalized spacial score (nSPS) is 11.7. The SMILES string of the molecule is C=C(C)CC/C=C/[Si](C)(c1ccccc1)c1ccccc1. The first-order chi connectivity index (χ1) is 10.1. The molecular formula is C20H24Si. The largest absolute Gasteiger partial charge is 0.137 e. The molecule has 2 aromatic carbocycles. The Hall–Kier alpha value is -1.86. The molecule has 2 rings (SSSR count). The van der Waals surface area contributed by atoms with Gasteiger partial charge in [-0.05, 0) is 19.8 Å². The van der Waals surface area contributed by atoms with Crippen LogP contribution in [-0.2, 0) is 0 Å². The van der Waals surface area contributed by atoms with Crippen LogP contribution in [0, 0.1) is 0 Å². The molecule has 2 aromatic rings. The monoisotopic (exact) mass is 292 g/mol. The Balaban J connectivity index is 2.33. The van der Waals surface area contributed by atoms with E-state index in [-0.39, 0.29) is 0 Å². The molecule has 0 N–H and O–H groups in total. The number of benzene rings is 2. The Labute approximate surface area is 129 Å². The lowest BCUT2D eigenvalue weighted by Gasteiger charge is -2.25. The number of hydrogen-bond donors (Lipinski definition) is 0. The maximum Gasteiger partial charge on any atom is 0.137 e. The molecule has 0 saturated carbocycles. The predicted octanol–water partition coefficient (Wildman–Crippen LogP) is 4.33. The van der Waals surface area contributed by atoms with Crippen molar-refractivity contribution in [3.8, 4) is 0 Å². The summed E-state index contributed by atoms with van der Waals surface area (Å²) in [5, 5.41) is 2.92. The molecule has 0 atom stereocenters. The van der Waals surface area contributed by atoms with Gasteiger partial charge in [0, 0.05) is 0 Å². The summed E-state index contributed by atoms with van der Waals surface area (Å²) >= 11 is 0. The van der Waals surface area contributed by atoms with Crippen LogP contribution >= 0.6 is 0 Å². The molecule has 0 amide bonds. The summed E-state index contributed by atoms with van der Waals surface area (Å²) in [7, 11) is -1.78. The maximum absolute atomic E-state index is 3.98. The molecule has 1 heteroatoms. The van der Waals surface area contributed by atoms with Crippen LogP contribution in [0.2, 0.25) is 6.55 Å². The van der Waals surface area contributed by atoms with Crippen LogP contribution in [0.4, 0.5) is 0 Å². The van der Waals surface area contributed by atoms with E-state index in [1.165, 1.54) is 15.9 Å². The van der Waals surface area contributed by atoms with E-state index >= 15 is 0 Å². The van der Waals surface area contributed by atoms with Crippen molar-refractivity contribution >= 4 is 18.4 Å². The molecule has 0 heterocycles. The third-order valence-electron chi connectivity index (χ3n) is 3.94. The lowest BCUT2D eigenvalue weighted by atomic mass is 10.2. The standard InChI is InChI=1S/C20H24Si/c1-18(2)12-10-11-17-21(3,19-13-6-4-7-14-19)20-15-8-5-9-16-20/h4-9,11,13-17H,1,10,12H2,2-3H3/b17-11+. The third kappa shape index (κ3) is 4.05. The summed E-state index contributed by atoms with van der Waals surface area (Å²) in [4.78, 5) is 0. The maximum atomic E-state index is 3.98. The topological polar surface area (TPSA) is 0 Å². The minimum Gasteiger partial charge on any atom is -0.100 e. The van der Waals surface area contributed by atoms with Gasteiger partial charge in [0.15, 0.2) is 0 Å². The average molecular weight is 292 g/mol. The highest BCUT2D eigenvalue weighted by Crippen LogP contribution is 2.09. The fraction of sp³-hybridized carbons (Fsp3) is 0.200. The van der Waals surface area contributed by atoms with Crippen molar-refractivity contribution in [3.05, 3.63) is 84.6 Å². The van der Waals surface area contributed by atoms with Crippen molar-refractivity contribution in [3.63, 3.8) is 0 Å². The zero-order valence-corrected chi connectivity index (χ0v) is 14.0. The zero-order valence-electron chi connectivity index (χ0n) is 13.0. The van der Waals surface area contributed by atoms with Gasteiger partial charge in [-0.25, -0.2) is 0 Å². The quantitative estimate of drug-likeness (QED) is 0.549. The van der Waals surface area contributed by atoms with E-state index in [0.29, 0.717) is 0 Å². The summed E-state index contributed by atoms with van der Waals surface area (Å²) in [6.07, 6.45) is 4.50. The molecule has 108 valence electrons. The number of rotatable bonds is 6.